The second kappa shape index (κ2) is 3.32. The van der Waals surface area contributed by atoms with Gasteiger partial charge >= 0.3 is 0 Å². The Morgan fingerprint density at radius 2 is 1.73 bits per heavy atom. The Kier molecular flexibility index (Phi) is 2.36. The number of benzene rings is 1. The molecule has 0 bridgehead atoms. The average Bonchev–Trinajstić information content (AvgIpc) is 2.82. The highest BCUT2D eigenvalue weighted by Crippen LogP contribution is 2.38. The van der Waals surface area contributed by atoms with E-state index in [1.54, 1.807) is 13.8 Å². The van der Waals surface area contributed by atoms with Crippen molar-refractivity contribution in [2.75, 3.05) is 0 Å². The standard InChI is InChI=1S/C13H18O2/c1-12(2,14)11-5-3-10(4-6-11)9-13(15)7-8-13/h3-6,14-15H,7-9H2,1-2H3. The quantitative estimate of drug-likeness (QED) is 0.794. The van der Waals surface area contributed by atoms with E-state index < -0.39 is 11.2 Å². The first kappa shape index (κ1) is 10.7. The highest BCUT2D eigenvalue weighted by Gasteiger charge is 2.40. The van der Waals surface area contributed by atoms with Gasteiger partial charge in [-0.15, -0.1) is 0 Å². The fourth-order valence-corrected chi connectivity index (χ4v) is 1.73. The van der Waals surface area contributed by atoms with Crippen molar-refractivity contribution in [2.45, 2.75) is 44.3 Å². The van der Waals surface area contributed by atoms with Gasteiger partial charge in [-0.05, 0) is 37.8 Å². The smallest absolute Gasteiger partial charge is 0.0840 e. The molecule has 15 heavy (non-hydrogen) atoms. The van der Waals surface area contributed by atoms with E-state index in [4.69, 9.17) is 0 Å². The van der Waals surface area contributed by atoms with E-state index in [0.29, 0.717) is 0 Å². The van der Waals surface area contributed by atoms with Gasteiger partial charge in [0.15, 0.2) is 0 Å². The molecule has 1 aliphatic rings. The van der Waals surface area contributed by atoms with E-state index in [1.165, 1.54) is 0 Å². The van der Waals surface area contributed by atoms with Crippen molar-refractivity contribution in [1.29, 1.82) is 0 Å². The third-order valence-corrected chi connectivity index (χ3v) is 3.02. The minimum Gasteiger partial charge on any atom is -0.390 e. The number of hydrogen-bond donors (Lipinski definition) is 2. The molecule has 1 aromatic carbocycles. The molecule has 82 valence electrons. The summed E-state index contributed by atoms with van der Waals surface area (Å²) >= 11 is 0. The number of hydrogen-bond acceptors (Lipinski definition) is 2. The number of aliphatic hydroxyl groups is 2. The van der Waals surface area contributed by atoms with E-state index >= 15 is 0 Å². The SMILES string of the molecule is CC(C)(O)c1ccc(CC2(O)CC2)cc1. The molecular weight excluding hydrogens is 188 g/mol. The summed E-state index contributed by atoms with van der Waals surface area (Å²) < 4.78 is 0. The molecule has 0 saturated heterocycles. The molecule has 1 saturated carbocycles. The topological polar surface area (TPSA) is 40.5 Å². The van der Waals surface area contributed by atoms with Crippen LogP contribution in [0.1, 0.15) is 37.8 Å². The first-order valence-electron chi connectivity index (χ1n) is 5.43. The van der Waals surface area contributed by atoms with Crippen molar-refractivity contribution in [3.8, 4) is 0 Å². The van der Waals surface area contributed by atoms with Crippen LogP contribution in [0.2, 0.25) is 0 Å². The lowest BCUT2D eigenvalue weighted by atomic mass is 9.96. The Morgan fingerprint density at radius 1 is 1.20 bits per heavy atom. The summed E-state index contributed by atoms with van der Waals surface area (Å²) in [6.07, 6.45) is 2.57. The molecule has 0 spiro atoms. The predicted molar refractivity (Wildman–Crippen MR) is 59.6 cm³/mol. The molecule has 0 aromatic heterocycles. The summed E-state index contributed by atoms with van der Waals surface area (Å²) in [7, 11) is 0. The van der Waals surface area contributed by atoms with Crippen molar-refractivity contribution in [1.82, 2.24) is 0 Å². The predicted octanol–water partition coefficient (Wildman–Crippen LogP) is 1.98. The molecule has 1 fully saturated rings. The Bertz CT molecular complexity index is 342. The summed E-state index contributed by atoms with van der Waals surface area (Å²) in [4.78, 5) is 0. The van der Waals surface area contributed by atoms with Gasteiger partial charge in [0, 0.05) is 6.42 Å². The van der Waals surface area contributed by atoms with Gasteiger partial charge in [0.2, 0.25) is 0 Å². The van der Waals surface area contributed by atoms with Gasteiger partial charge in [0.1, 0.15) is 0 Å². The molecule has 0 amide bonds. The molecular formula is C13H18O2. The molecule has 2 nitrogen and oxygen atoms in total. The minimum absolute atomic E-state index is 0.434. The van der Waals surface area contributed by atoms with Crippen molar-refractivity contribution < 1.29 is 10.2 Å². The molecule has 2 rings (SSSR count). The highest BCUT2D eigenvalue weighted by atomic mass is 16.3. The van der Waals surface area contributed by atoms with Gasteiger partial charge in [0.25, 0.3) is 0 Å². The second-order valence-corrected chi connectivity index (χ2v) is 5.16. The van der Waals surface area contributed by atoms with Gasteiger partial charge in [-0.1, -0.05) is 24.3 Å². The molecule has 0 radical (unpaired) electrons. The summed E-state index contributed by atoms with van der Waals surface area (Å²) in [5.41, 5.74) is 0.836. The van der Waals surface area contributed by atoms with Crippen LogP contribution in [-0.2, 0) is 12.0 Å². The Hall–Kier alpha value is -0.860. The average molecular weight is 206 g/mol. The maximum absolute atomic E-state index is 9.78. The normalized spacial score (nSPS) is 18.9. The molecule has 0 heterocycles. The highest BCUT2D eigenvalue weighted by molar-refractivity contribution is 5.28. The van der Waals surface area contributed by atoms with E-state index in [-0.39, 0.29) is 0 Å². The van der Waals surface area contributed by atoms with Gasteiger partial charge < -0.3 is 10.2 Å². The molecule has 0 atom stereocenters. The van der Waals surface area contributed by atoms with Crippen LogP contribution in [0, 0.1) is 0 Å². The van der Waals surface area contributed by atoms with Crippen molar-refractivity contribution >= 4 is 0 Å². The zero-order valence-corrected chi connectivity index (χ0v) is 9.33. The van der Waals surface area contributed by atoms with Crippen molar-refractivity contribution in [3.63, 3.8) is 0 Å². The lowest BCUT2D eigenvalue weighted by Crippen LogP contribution is -2.16. The molecule has 0 aliphatic heterocycles. The third-order valence-electron chi connectivity index (χ3n) is 3.02. The van der Waals surface area contributed by atoms with Crippen LogP contribution < -0.4 is 0 Å². The summed E-state index contributed by atoms with van der Waals surface area (Å²) in [6.45, 7) is 3.55. The first-order valence-corrected chi connectivity index (χ1v) is 5.43. The van der Waals surface area contributed by atoms with Crippen LogP contribution in [0.25, 0.3) is 0 Å². The molecule has 1 aliphatic carbocycles. The lowest BCUT2D eigenvalue weighted by Gasteiger charge is -2.18. The fourth-order valence-electron chi connectivity index (χ4n) is 1.73. The molecule has 2 N–H and O–H groups in total. The van der Waals surface area contributed by atoms with Crippen LogP contribution in [0.4, 0.5) is 0 Å². The van der Waals surface area contributed by atoms with Crippen LogP contribution >= 0.6 is 0 Å². The first-order chi connectivity index (χ1) is 6.89. The van der Waals surface area contributed by atoms with Crippen molar-refractivity contribution in [3.05, 3.63) is 35.4 Å². The maximum Gasteiger partial charge on any atom is 0.0840 e. The lowest BCUT2D eigenvalue weighted by molar-refractivity contribution is 0.0786. The fraction of sp³-hybridized carbons (Fsp3) is 0.538. The van der Waals surface area contributed by atoms with E-state index in [9.17, 15) is 10.2 Å². The van der Waals surface area contributed by atoms with Gasteiger partial charge in [0.05, 0.1) is 11.2 Å². The second-order valence-electron chi connectivity index (χ2n) is 5.16. The van der Waals surface area contributed by atoms with Crippen molar-refractivity contribution in [2.24, 2.45) is 0 Å². The van der Waals surface area contributed by atoms with Gasteiger partial charge in [-0.3, -0.25) is 0 Å². The van der Waals surface area contributed by atoms with Crippen LogP contribution in [-0.4, -0.2) is 15.8 Å². The Labute approximate surface area is 90.6 Å². The molecule has 1 aromatic rings. The van der Waals surface area contributed by atoms with Crippen LogP contribution in [0.15, 0.2) is 24.3 Å². The molecule has 2 heteroatoms. The summed E-state index contributed by atoms with van der Waals surface area (Å²) in [5.74, 6) is 0. The van der Waals surface area contributed by atoms with E-state index in [1.807, 2.05) is 24.3 Å². The zero-order valence-electron chi connectivity index (χ0n) is 9.33. The van der Waals surface area contributed by atoms with Crippen LogP contribution in [0.3, 0.4) is 0 Å². The van der Waals surface area contributed by atoms with Gasteiger partial charge in [-0.25, -0.2) is 0 Å². The Morgan fingerprint density at radius 3 is 2.13 bits per heavy atom. The Balaban J connectivity index is 2.10. The zero-order chi connectivity index (χ0) is 11.1. The van der Waals surface area contributed by atoms with Crippen LogP contribution in [0.5, 0.6) is 0 Å². The summed E-state index contributed by atoms with van der Waals surface area (Å²) in [5, 5.41) is 19.5. The van der Waals surface area contributed by atoms with E-state index in [2.05, 4.69) is 0 Å². The summed E-state index contributed by atoms with van der Waals surface area (Å²) in [6, 6.07) is 7.84. The number of rotatable bonds is 3. The van der Waals surface area contributed by atoms with Gasteiger partial charge in [-0.2, -0.15) is 0 Å². The molecule has 0 unspecified atom stereocenters. The minimum atomic E-state index is -0.783. The third kappa shape index (κ3) is 2.58. The maximum atomic E-state index is 9.78. The largest absolute Gasteiger partial charge is 0.390 e. The monoisotopic (exact) mass is 206 g/mol. The van der Waals surface area contributed by atoms with E-state index in [0.717, 1.165) is 30.4 Å².